The lowest BCUT2D eigenvalue weighted by Crippen LogP contribution is -2.31. The molecule has 112 valence electrons. The van der Waals surface area contributed by atoms with Crippen LogP contribution in [-0.2, 0) is 6.42 Å². The number of phenols is 1. The van der Waals surface area contributed by atoms with Crippen LogP contribution in [0.15, 0.2) is 42.5 Å². The second-order valence-electron chi connectivity index (χ2n) is 5.49. The van der Waals surface area contributed by atoms with Crippen molar-refractivity contribution in [2.75, 3.05) is 20.7 Å². The van der Waals surface area contributed by atoms with Gasteiger partial charge < -0.3 is 9.84 Å². The first-order valence-corrected chi connectivity index (χ1v) is 7.35. The lowest BCUT2D eigenvalue weighted by molar-refractivity contribution is 0.277. The van der Waals surface area contributed by atoms with Crippen LogP contribution in [-0.4, -0.2) is 30.7 Å². The van der Waals surface area contributed by atoms with Gasteiger partial charge in [-0.25, -0.2) is 0 Å². The van der Waals surface area contributed by atoms with E-state index in [1.807, 2.05) is 36.4 Å². The highest BCUT2D eigenvalue weighted by Crippen LogP contribution is 2.36. The van der Waals surface area contributed by atoms with E-state index in [9.17, 15) is 5.11 Å². The molecule has 1 aliphatic heterocycles. The van der Waals surface area contributed by atoms with Crippen molar-refractivity contribution in [3.8, 4) is 23.3 Å². The van der Waals surface area contributed by atoms with Gasteiger partial charge in [0.2, 0.25) is 0 Å². The van der Waals surface area contributed by atoms with Gasteiger partial charge >= 0.3 is 0 Å². The number of nitrogens with zero attached hydrogens (tertiary/aromatic N) is 1. The molecule has 3 rings (SSSR count). The highest BCUT2D eigenvalue weighted by molar-refractivity contribution is 5.51. The van der Waals surface area contributed by atoms with Gasteiger partial charge in [-0.15, -0.1) is 0 Å². The van der Waals surface area contributed by atoms with Crippen LogP contribution in [0.4, 0.5) is 0 Å². The lowest BCUT2D eigenvalue weighted by Gasteiger charge is -2.31. The summed E-state index contributed by atoms with van der Waals surface area (Å²) in [5, 5.41) is 10.1. The first kappa shape index (κ1) is 14.5. The normalized spacial score (nSPS) is 17.3. The highest BCUT2D eigenvalue weighted by atomic mass is 16.5. The Morgan fingerprint density at radius 3 is 2.73 bits per heavy atom. The monoisotopic (exact) mass is 293 g/mol. The standard InChI is InChI=1S/C19H19NO2/c1-20-11-10-15-12-19(22-2)18(21)13-16(15)17(20)9-8-14-6-4-3-5-7-14/h3-7,12-13,17,21H,10-11H2,1-2H3. The minimum Gasteiger partial charge on any atom is -0.504 e. The van der Waals surface area contributed by atoms with E-state index >= 15 is 0 Å². The van der Waals surface area contributed by atoms with Crippen LogP contribution >= 0.6 is 0 Å². The first-order valence-electron chi connectivity index (χ1n) is 7.35. The Labute approximate surface area is 131 Å². The van der Waals surface area contributed by atoms with Gasteiger partial charge in [0.25, 0.3) is 0 Å². The average molecular weight is 293 g/mol. The molecule has 0 saturated heterocycles. The first-order chi connectivity index (χ1) is 10.7. The number of aromatic hydroxyl groups is 1. The highest BCUT2D eigenvalue weighted by Gasteiger charge is 2.25. The van der Waals surface area contributed by atoms with Crippen LogP contribution in [0.1, 0.15) is 22.7 Å². The zero-order valence-electron chi connectivity index (χ0n) is 12.8. The van der Waals surface area contributed by atoms with Gasteiger partial charge in [0, 0.05) is 12.1 Å². The van der Waals surface area contributed by atoms with E-state index in [-0.39, 0.29) is 11.8 Å². The van der Waals surface area contributed by atoms with Gasteiger partial charge in [0.05, 0.1) is 13.2 Å². The fourth-order valence-corrected chi connectivity index (χ4v) is 2.79. The summed E-state index contributed by atoms with van der Waals surface area (Å²) in [6, 6.07) is 13.7. The van der Waals surface area contributed by atoms with Crippen molar-refractivity contribution in [1.29, 1.82) is 0 Å². The maximum atomic E-state index is 10.1. The van der Waals surface area contributed by atoms with Gasteiger partial charge in [-0.3, -0.25) is 4.90 Å². The number of benzene rings is 2. The number of hydrogen-bond donors (Lipinski definition) is 1. The van der Waals surface area contributed by atoms with Crippen molar-refractivity contribution in [3.63, 3.8) is 0 Å². The molecule has 3 heteroatoms. The predicted octanol–water partition coefficient (Wildman–Crippen LogP) is 2.98. The Morgan fingerprint density at radius 1 is 1.23 bits per heavy atom. The quantitative estimate of drug-likeness (QED) is 0.821. The number of ether oxygens (including phenoxy) is 1. The van der Waals surface area contributed by atoms with Gasteiger partial charge in [0.1, 0.15) is 0 Å². The zero-order valence-corrected chi connectivity index (χ0v) is 12.8. The van der Waals surface area contributed by atoms with E-state index in [0.717, 1.165) is 24.1 Å². The molecular formula is C19H19NO2. The van der Waals surface area contributed by atoms with Crippen LogP contribution < -0.4 is 4.74 Å². The summed E-state index contributed by atoms with van der Waals surface area (Å²) in [7, 11) is 3.64. The van der Waals surface area contributed by atoms with Crippen LogP contribution in [0, 0.1) is 11.8 Å². The minimum absolute atomic E-state index is 0.0132. The molecule has 0 spiro atoms. The van der Waals surface area contributed by atoms with Gasteiger partial charge in [0.15, 0.2) is 11.5 Å². The third-order valence-electron chi connectivity index (χ3n) is 4.04. The molecule has 22 heavy (non-hydrogen) atoms. The predicted molar refractivity (Wildman–Crippen MR) is 87.1 cm³/mol. The smallest absolute Gasteiger partial charge is 0.160 e. The number of phenolic OH excluding ortho intramolecular Hbond substituents is 1. The topological polar surface area (TPSA) is 32.7 Å². The summed E-state index contributed by atoms with van der Waals surface area (Å²) in [6.45, 7) is 0.940. The maximum absolute atomic E-state index is 10.1. The molecule has 1 aliphatic rings. The molecule has 1 N–H and O–H groups in total. The molecule has 2 aromatic rings. The van der Waals surface area contributed by atoms with Crippen LogP contribution in [0.3, 0.4) is 0 Å². The molecule has 1 unspecified atom stereocenters. The Hall–Kier alpha value is -2.44. The minimum atomic E-state index is -0.0132. The van der Waals surface area contributed by atoms with Crippen molar-refractivity contribution >= 4 is 0 Å². The van der Waals surface area contributed by atoms with E-state index in [2.05, 4.69) is 23.8 Å². The van der Waals surface area contributed by atoms with Gasteiger partial charge in [-0.05, 0) is 48.9 Å². The van der Waals surface area contributed by atoms with E-state index in [1.165, 1.54) is 5.56 Å². The summed E-state index contributed by atoms with van der Waals surface area (Å²) in [5.74, 6) is 7.26. The molecule has 1 heterocycles. The maximum Gasteiger partial charge on any atom is 0.160 e. The third kappa shape index (κ3) is 2.79. The van der Waals surface area contributed by atoms with Crippen molar-refractivity contribution in [2.45, 2.75) is 12.5 Å². The fraction of sp³-hybridized carbons (Fsp3) is 0.263. The molecular weight excluding hydrogens is 274 g/mol. The van der Waals surface area contributed by atoms with Crippen molar-refractivity contribution in [1.82, 2.24) is 4.90 Å². The summed E-state index contributed by atoms with van der Waals surface area (Å²) < 4.78 is 5.20. The molecule has 0 bridgehead atoms. The molecule has 0 radical (unpaired) electrons. The van der Waals surface area contributed by atoms with Crippen molar-refractivity contribution in [2.24, 2.45) is 0 Å². The SMILES string of the molecule is COc1cc2c(cc1O)C(C#Cc1ccccc1)N(C)CC2. The summed E-state index contributed by atoms with van der Waals surface area (Å²) >= 11 is 0. The molecule has 0 aliphatic carbocycles. The molecule has 0 aromatic heterocycles. The number of likely N-dealkylation sites (N-methyl/N-ethyl adjacent to an activating group) is 1. The lowest BCUT2D eigenvalue weighted by atomic mass is 9.92. The summed E-state index contributed by atoms with van der Waals surface area (Å²) in [6.07, 6.45) is 0.936. The van der Waals surface area contributed by atoms with Gasteiger partial charge in [-0.1, -0.05) is 30.0 Å². The molecule has 0 fully saturated rings. The number of fused-ring (bicyclic) bond motifs is 1. The van der Waals surface area contributed by atoms with E-state index in [1.54, 1.807) is 13.2 Å². The van der Waals surface area contributed by atoms with Crippen molar-refractivity contribution < 1.29 is 9.84 Å². The van der Waals surface area contributed by atoms with E-state index in [0.29, 0.717) is 5.75 Å². The van der Waals surface area contributed by atoms with Gasteiger partial charge in [-0.2, -0.15) is 0 Å². The van der Waals surface area contributed by atoms with Crippen molar-refractivity contribution in [3.05, 3.63) is 59.2 Å². The van der Waals surface area contributed by atoms with Crippen LogP contribution in [0.5, 0.6) is 11.5 Å². The Bertz CT molecular complexity index is 728. The molecule has 2 aromatic carbocycles. The second kappa shape index (κ2) is 6.13. The van der Waals surface area contributed by atoms with Crippen LogP contribution in [0.2, 0.25) is 0 Å². The summed E-state index contributed by atoms with van der Waals surface area (Å²) in [5.41, 5.74) is 3.26. The zero-order chi connectivity index (χ0) is 15.5. The Kier molecular flexibility index (Phi) is 4.04. The Morgan fingerprint density at radius 2 is 2.00 bits per heavy atom. The van der Waals surface area contributed by atoms with E-state index in [4.69, 9.17) is 4.74 Å². The second-order valence-corrected chi connectivity index (χ2v) is 5.49. The average Bonchev–Trinajstić information content (AvgIpc) is 2.54. The van der Waals surface area contributed by atoms with Crippen LogP contribution in [0.25, 0.3) is 0 Å². The summed E-state index contributed by atoms with van der Waals surface area (Å²) in [4.78, 5) is 2.21. The third-order valence-corrected chi connectivity index (χ3v) is 4.04. The molecule has 0 amide bonds. The number of methoxy groups -OCH3 is 1. The molecule has 0 saturated carbocycles. The Balaban J connectivity index is 1.99. The number of rotatable bonds is 1. The number of hydrogen-bond acceptors (Lipinski definition) is 3. The molecule has 3 nitrogen and oxygen atoms in total. The van der Waals surface area contributed by atoms with E-state index < -0.39 is 0 Å². The molecule has 1 atom stereocenters. The largest absolute Gasteiger partial charge is 0.504 e. The fourth-order valence-electron chi connectivity index (χ4n) is 2.79.